The molecule has 0 saturated carbocycles. The van der Waals surface area contributed by atoms with Crippen molar-refractivity contribution < 1.29 is 14.3 Å². The standard InChI is InChI=1S/C23H23N7O3/c1-15-10-16(2)30(28-15)21-9-4-17(11-24-21)23(32)27-19-12-25-29(13-19)14-22(31)26-18-5-7-20(33-3)8-6-18/h4-13H,14H2,1-3H3,(H,26,31)(H,27,32). The number of benzene rings is 1. The molecule has 33 heavy (non-hydrogen) atoms. The smallest absolute Gasteiger partial charge is 0.257 e. The van der Waals surface area contributed by atoms with Gasteiger partial charge in [0.1, 0.15) is 12.3 Å². The predicted octanol–water partition coefficient (Wildman–Crippen LogP) is 2.98. The molecular formula is C23H23N7O3. The van der Waals surface area contributed by atoms with Crippen molar-refractivity contribution in [3.63, 3.8) is 0 Å². The summed E-state index contributed by atoms with van der Waals surface area (Å²) < 4.78 is 8.26. The lowest BCUT2D eigenvalue weighted by Gasteiger charge is -2.06. The molecule has 2 N–H and O–H groups in total. The minimum atomic E-state index is -0.329. The first-order valence-electron chi connectivity index (χ1n) is 10.2. The highest BCUT2D eigenvalue weighted by Crippen LogP contribution is 2.15. The van der Waals surface area contributed by atoms with Crippen LogP contribution in [0.15, 0.2) is 61.1 Å². The minimum Gasteiger partial charge on any atom is -0.497 e. The van der Waals surface area contributed by atoms with Gasteiger partial charge in [-0.1, -0.05) is 0 Å². The van der Waals surface area contributed by atoms with Crippen molar-refractivity contribution in [2.24, 2.45) is 0 Å². The zero-order valence-electron chi connectivity index (χ0n) is 18.4. The Morgan fingerprint density at radius 2 is 1.79 bits per heavy atom. The van der Waals surface area contributed by atoms with E-state index in [4.69, 9.17) is 4.74 Å². The highest BCUT2D eigenvalue weighted by Gasteiger charge is 2.11. The molecule has 0 fully saturated rings. The lowest BCUT2D eigenvalue weighted by molar-refractivity contribution is -0.116. The number of carbonyl (C=O) groups excluding carboxylic acids is 2. The maximum atomic E-state index is 12.6. The van der Waals surface area contributed by atoms with Crippen LogP contribution >= 0.6 is 0 Å². The Bertz CT molecular complexity index is 1270. The number of nitrogens with one attached hydrogen (secondary N) is 2. The average molecular weight is 445 g/mol. The van der Waals surface area contributed by atoms with Crippen molar-refractivity contribution in [1.29, 1.82) is 0 Å². The van der Waals surface area contributed by atoms with Gasteiger partial charge < -0.3 is 15.4 Å². The van der Waals surface area contributed by atoms with Crippen LogP contribution in [0.25, 0.3) is 5.82 Å². The third-order valence-electron chi connectivity index (χ3n) is 4.81. The summed E-state index contributed by atoms with van der Waals surface area (Å²) in [5, 5.41) is 14.1. The van der Waals surface area contributed by atoms with Gasteiger partial charge in [-0.3, -0.25) is 14.3 Å². The fraction of sp³-hybridized carbons (Fsp3) is 0.174. The maximum absolute atomic E-state index is 12.6. The molecule has 0 bridgehead atoms. The summed E-state index contributed by atoms with van der Waals surface area (Å²) in [6.07, 6.45) is 4.56. The topological polar surface area (TPSA) is 116 Å². The Labute approximate surface area is 190 Å². The van der Waals surface area contributed by atoms with E-state index >= 15 is 0 Å². The summed E-state index contributed by atoms with van der Waals surface area (Å²) in [5.41, 5.74) is 3.37. The van der Waals surface area contributed by atoms with Crippen LogP contribution in [0, 0.1) is 13.8 Å². The van der Waals surface area contributed by atoms with E-state index in [9.17, 15) is 9.59 Å². The van der Waals surface area contributed by atoms with Crippen LogP contribution in [0.2, 0.25) is 0 Å². The number of hydrogen-bond acceptors (Lipinski definition) is 6. The van der Waals surface area contributed by atoms with Gasteiger partial charge in [0.05, 0.1) is 30.3 Å². The second kappa shape index (κ2) is 9.35. The van der Waals surface area contributed by atoms with E-state index in [1.165, 1.54) is 17.1 Å². The maximum Gasteiger partial charge on any atom is 0.257 e. The van der Waals surface area contributed by atoms with Crippen LogP contribution in [0.4, 0.5) is 11.4 Å². The van der Waals surface area contributed by atoms with Crippen LogP contribution in [-0.2, 0) is 11.3 Å². The molecule has 10 nitrogen and oxygen atoms in total. The van der Waals surface area contributed by atoms with Gasteiger partial charge in [0.15, 0.2) is 5.82 Å². The Morgan fingerprint density at radius 1 is 1.00 bits per heavy atom. The van der Waals surface area contributed by atoms with Crippen molar-refractivity contribution in [2.45, 2.75) is 20.4 Å². The number of methoxy groups -OCH3 is 1. The number of aromatic nitrogens is 5. The van der Waals surface area contributed by atoms with Crippen LogP contribution in [0.3, 0.4) is 0 Å². The van der Waals surface area contributed by atoms with Gasteiger partial charge in [-0.2, -0.15) is 10.2 Å². The number of aryl methyl sites for hydroxylation is 2. The summed E-state index contributed by atoms with van der Waals surface area (Å²) in [4.78, 5) is 29.2. The summed E-state index contributed by atoms with van der Waals surface area (Å²) in [5.74, 6) is 0.763. The molecule has 2 amide bonds. The summed E-state index contributed by atoms with van der Waals surface area (Å²) in [7, 11) is 1.58. The molecule has 0 spiro atoms. The molecule has 0 aliphatic carbocycles. The van der Waals surface area contributed by atoms with Gasteiger partial charge in [0.25, 0.3) is 5.91 Å². The molecule has 3 aromatic heterocycles. The molecule has 0 saturated heterocycles. The monoisotopic (exact) mass is 445 g/mol. The van der Waals surface area contributed by atoms with Gasteiger partial charge in [0.2, 0.25) is 5.91 Å². The first kappa shape index (κ1) is 21.8. The second-order valence-electron chi connectivity index (χ2n) is 7.40. The van der Waals surface area contributed by atoms with Crippen LogP contribution in [0.1, 0.15) is 21.7 Å². The van der Waals surface area contributed by atoms with E-state index in [1.807, 2.05) is 19.9 Å². The highest BCUT2D eigenvalue weighted by atomic mass is 16.5. The lowest BCUT2D eigenvalue weighted by Crippen LogP contribution is -2.19. The predicted molar refractivity (Wildman–Crippen MR) is 123 cm³/mol. The van der Waals surface area contributed by atoms with Crippen LogP contribution < -0.4 is 15.4 Å². The summed E-state index contributed by atoms with van der Waals surface area (Å²) >= 11 is 0. The van der Waals surface area contributed by atoms with Crippen LogP contribution in [-0.4, -0.2) is 43.5 Å². The zero-order chi connectivity index (χ0) is 23.4. The molecule has 0 atom stereocenters. The SMILES string of the molecule is COc1ccc(NC(=O)Cn2cc(NC(=O)c3ccc(-n4nc(C)cc4C)nc3)cn2)cc1. The van der Waals surface area contributed by atoms with Crippen molar-refractivity contribution in [3.05, 3.63) is 78.0 Å². The van der Waals surface area contributed by atoms with Gasteiger partial charge >= 0.3 is 0 Å². The van der Waals surface area contributed by atoms with E-state index in [0.717, 1.165) is 11.4 Å². The Kier molecular flexibility index (Phi) is 6.16. The molecule has 0 radical (unpaired) electrons. The first-order chi connectivity index (χ1) is 15.9. The van der Waals surface area contributed by atoms with Crippen molar-refractivity contribution in [3.8, 4) is 11.6 Å². The lowest BCUT2D eigenvalue weighted by atomic mass is 10.2. The molecule has 4 rings (SSSR count). The summed E-state index contributed by atoms with van der Waals surface area (Å²) in [6, 6.07) is 12.4. The Balaban J connectivity index is 1.34. The fourth-order valence-corrected chi connectivity index (χ4v) is 3.25. The number of nitrogens with zero attached hydrogens (tertiary/aromatic N) is 5. The number of amides is 2. The molecule has 10 heteroatoms. The van der Waals surface area contributed by atoms with Gasteiger partial charge in [-0.25, -0.2) is 9.67 Å². The van der Waals surface area contributed by atoms with E-state index in [-0.39, 0.29) is 18.4 Å². The quantitative estimate of drug-likeness (QED) is 0.452. The largest absolute Gasteiger partial charge is 0.497 e. The fourth-order valence-electron chi connectivity index (χ4n) is 3.25. The Morgan fingerprint density at radius 3 is 2.42 bits per heavy atom. The van der Waals surface area contributed by atoms with E-state index in [0.29, 0.717) is 28.5 Å². The van der Waals surface area contributed by atoms with E-state index in [1.54, 1.807) is 54.4 Å². The average Bonchev–Trinajstić information content (AvgIpc) is 3.39. The van der Waals surface area contributed by atoms with Crippen molar-refractivity contribution in [2.75, 3.05) is 17.7 Å². The van der Waals surface area contributed by atoms with Crippen molar-refractivity contribution >= 4 is 23.2 Å². The summed E-state index contributed by atoms with van der Waals surface area (Å²) in [6.45, 7) is 3.85. The molecule has 4 aromatic rings. The first-order valence-corrected chi connectivity index (χ1v) is 10.2. The van der Waals surface area contributed by atoms with E-state index in [2.05, 4.69) is 25.8 Å². The molecule has 168 valence electrons. The molecular weight excluding hydrogens is 422 g/mol. The third-order valence-corrected chi connectivity index (χ3v) is 4.81. The number of anilines is 2. The highest BCUT2D eigenvalue weighted by molar-refractivity contribution is 6.04. The number of carbonyl (C=O) groups is 2. The van der Waals surface area contributed by atoms with Gasteiger partial charge in [-0.05, 0) is 56.3 Å². The number of pyridine rings is 1. The second-order valence-corrected chi connectivity index (χ2v) is 7.40. The molecule has 0 unspecified atom stereocenters. The van der Waals surface area contributed by atoms with Gasteiger partial charge in [0, 0.05) is 23.8 Å². The van der Waals surface area contributed by atoms with Crippen molar-refractivity contribution in [1.82, 2.24) is 24.5 Å². The Hall–Kier alpha value is -4.47. The number of hydrogen-bond donors (Lipinski definition) is 2. The molecule has 3 heterocycles. The van der Waals surface area contributed by atoms with Crippen LogP contribution in [0.5, 0.6) is 5.75 Å². The third kappa shape index (κ3) is 5.24. The minimum absolute atomic E-state index is 0.000784. The number of ether oxygens (including phenoxy) is 1. The molecule has 0 aliphatic heterocycles. The zero-order valence-corrected chi connectivity index (χ0v) is 18.4. The van der Waals surface area contributed by atoms with Gasteiger partial charge in [-0.15, -0.1) is 0 Å². The number of rotatable bonds is 7. The molecule has 0 aliphatic rings. The molecule has 1 aromatic carbocycles. The normalized spacial score (nSPS) is 10.6. The van der Waals surface area contributed by atoms with E-state index < -0.39 is 0 Å².